The van der Waals surface area contributed by atoms with Crippen LogP contribution in [0, 0.1) is 0 Å². The number of aryl methyl sites for hydroxylation is 1. The third kappa shape index (κ3) is 4.71. The summed E-state index contributed by atoms with van der Waals surface area (Å²) in [7, 11) is 1.72. The van der Waals surface area contributed by atoms with E-state index in [1.165, 1.54) is 0 Å². The van der Waals surface area contributed by atoms with E-state index in [2.05, 4.69) is 12.2 Å². The number of ether oxygens (including phenoxy) is 1. The molecule has 1 N–H and O–H groups in total. The summed E-state index contributed by atoms with van der Waals surface area (Å²) in [6.45, 7) is 2.28. The molecule has 0 atom stereocenters. The minimum atomic E-state index is -0.632. The van der Waals surface area contributed by atoms with Crippen molar-refractivity contribution >= 4 is 11.8 Å². The Kier molecular flexibility index (Phi) is 5.97. The number of nitrogens with one attached hydrogen (secondary N) is 1. The fraction of sp³-hybridized carbons (Fsp3) is 0.333. The molecule has 5 nitrogen and oxygen atoms in total. The molecule has 1 aromatic carbocycles. The van der Waals surface area contributed by atoms with Crippen molar-refractivity contribution in [3.63, 3.8) is 0 Å². The number of anilines is 1. The van der Waals surface area contributed by atoms with Crippen molar-refractivity contribution in [2.45, 2.75) is 32.8 Å². The summed E-state index contributed by atoms with van der Waals surface area (Å²) in [5, 5.41) is 2.51. The van der Waals surface area contributed by atoms with E-state index >= 15 is 0 Å². The van der Waals surface area contributed by atoms with Crippen LogP contribution in [0.5, 0.6) is 0 Å². The second-order valence-electron chi connectivity index (χ2n) is 5.39. The highest BCUT2D eigenvalue weighted by Crippen LogP contribution is 2.08. The van der Waals surface area contributed by atoms with E-state index in [1.807, 2.05) is 36.4 Å². The monoisotopic (exact) mass is 314 g/mol. The number of hydrogen-bond acceptors (Lipinski definition) is 3. The van der Waals surface area contributed by atoms with Crippen molar-refractivity contribution in [2.24, 2.45) is 7.05 Å². The normalized spacial score (nSPS) is 10.3. The quantitative estimate of drug-likeness (QED) is 0.888. The maximum absolute atomic E-state index is 12.3. The number of hydrogen-bond donors (Lipinski definition) is 1. The van der Waals surface area contributed by atoms with E-state index in [4.69, 9.17) is 4.74 Å². The van der Waals surface area contributed by atoms with Crippen molar-refractivity contribution in [1.29, 1.82) is 0 Å². The summed E-state index contributed by atoms with van der Waals surface area (Å²) in [6, 6.07) is 12.9. The summed E-state index contributed by atoms with van der Waals surface area (Å²) >= 11 is 0. The van der Waals surface area contributed by atoms with Crippen LogP contribution in [0.3, 0.4) is 0 Å². The molecule has 0 aliphatic rings. The van der Waals surface area contributed by atoms with E-state index in [0.717, 1.165) is 30.5 Å². The first-order valence-corrected chi connectivity index (χ1v) is 7.78. The molecule has 0 radical (unpaired) electrons. The predicted molar refractivity (Wildman–Crippen MR) is 90.5 cm³/mol. The molecule has 0 saturated heterocycles. The van der Waals surface area contributed by atoms with E-state index in [0.29, 0.717) is 0 Å². The van der Waals surface area contributed by atoms with Gasteiger partial charge in [-0.25, -0.2) is 4.79 Å². The number of nitrogens with zero attached hydrogens (tertiary/aromatic N) is 1. The number of amides is 1. The molecule has 1 aromatic heterocycles. The van der Waals surface area contributed by atoms with Crippen molar-refractivity contribution in [3.8, 4) is 0 Å². The van der Waals surface area contributed by atoms with Gasteiger partial charge in [0.15, 0.2) is 0 Å². The zero-order chi connectivity index (χ0) is 16.7. The highest BCUT2D eigenvalue weighted by Gasteiger charge is 2.10. The molecule has 1 heterocycles. The van der Waals surface area contributed by atoms with Crippen LogP contribution in [0.4, 0.5) is 10.5 Å². The maximum atomic E-state index is 12.3. The highest BCUT2D eigenvalue weighted by atomic mass is 16.5. The Morgan fingerprint density at radius 2 is 1.91 bits per heavy atom. The molecule has 2 aromatic rings. The lowest BCUT2D eigenvalue weighted by Crippen LogP contribution is -2.26. The Balaban J connectivity index is 1.98. The molecule has 0 unspecified atom stereocenters. The molecular formula is C18H22N2O3. The van der Waals surface area contributed by atoms with E-state index in [-0.39, 0.29) is 17.9 Å². The van der Waals surface area contributed by atoms with E-state index in [1.54, 1.807) is 17.7 Å². The fourth-order valence-corrected chi connectivity index (χ4v) is 2.25. The number of rotatable bonds is 6. The smallest absolute Gasteiger partial charge is 0.412 e. The maximum Gasteiger partial charge on any atom is 0.412 e. The SMILES string of the molecule is CCCCc1ccc(NC(=O)OCc2ccccc2)c(=O)n1C. The van der Waals surface area contributed by atoms with Crippen LogP contribution in [0.15, 0.2) is 47.3 Å². The summed E-state index contributed by atoms with van der Waals surface area (Å²) < 4.78 is 6.70. The van der Waals surface area contributed by atoms with Crippen molar-refractivity contribution in [2.75, 3.05) is 5.32 Å². The summed E-state index contributed by atoms with van der Waals surface area (Å²) in [4.78, 5) is 24.1. The van der Waals surface area contributed by atoms with Gasteiger partial charge in [0.25, 0.3) is 5.56 Å². The van der Waals surface area contributed by atoms with E-state index < -0.39 is 6.09 Å². The molecule has 0 fully saturated rings. The van der Waals surface area contributed by atoms with Gasteiger partial charge in [0.2, 0.25) is 0 Å². The first kappa shape index (κ1) is 16.8. The van der Waals surface area contributed by atoms with Gasteiger partial charge in [0.1, 0.15) is 12.3 Å². The van der Waals surface area contributed by atoms with Crippen LogP contribution >= 0.6 is 0 Å². The van der Waals surface area contributed by atoms with Gasteiger partial charge in [-0.05, 0) is 30.5 Å². The second-order valence-corrected chi connectivity index (χ2v) is 5.39. The molecule has 0 bridgehead atoms. The van der Waals surface area contributed by atoms with Gasteiger partial charge in [-0.1, -0.05) is 43.7 Å². The van der Waals surface area contributed by atoms with Crippen LogP contribution in [-0.2, 0) is 24.8 Å². The first-order valence-electron chi connectivity index (χ1n) is 7.78. The lowest BCUT2D eigenvalue weighted by atomic mass is 10.2. The Bertz CT molecular complexity index is 708. The number of unbranched alkanes of at least 4 members (excludes halogenated alkanes) is 1. The molecule has 5 heteroatoms. The number of aromatic nitrogens is 1. The van der Waals surface area contributed by atoms with Gasteiger partial charge in [-0.2, -0.15) is 0 Å². The number of pyridine rings is 1. The molecule has 0 aliphatic carbocycles. The Labute approximate surface area is 135 Å². The van der Waals surface area contributed by atoms with Gasteiger partial charge in [0, 0.05) is 12.7 Å². The summed E-state index contributed by atoms with van der Waals surface area (Å²) in [5.74, 6) is 0. The average Bonchev–Trinajstić information content (AvgIpc) is 2.57. The zero-order valence-electron chi connectivity index (χ0n) is 13.5. The molecule has 2 rings (SSSR count). The van der Waals surface area contributed by atoms with Gasteiger partial charge >= 0.3 is 6.09 Å². The minimum Gasteiger partial charge on any atom is -0.444 e. The van der Waals surface area contributed by atoms with Crippen LogP contribution < -0.4 is 10.9 Å². The van der Waals surface area contributed by atoms with Crippen LogP contribution in [0.25, 0.3) is 0 Å². The Hall–Kier alpha value is -2.56. The molecular weight excluding hydrogens is 292 g/mol. The standard InChI is InChI=1S/C18H22N2O3/c1-3-4-10-15-11-12-16(17(21)20(15)2)19-18(22)23-13-14-8-6-5-7-9-14/h5-9,11-12H,3-4,10,13H2,1-2H3,(H,19,22). The zero-order valence-corrected chi connectivity index (χ0v) is 13.5. The largest absolute Gasteiger partial charge is 0.444 e. The lowest BCUT2D eigenvalue weighted by Gasteiger charge is -2.11. The molecule has 1 amide bonds. The fourth-order valence-electron chi connectivity index (χ4n) is 2.25. The van der Waals surface area contributed by atoms with Gasteiger partial charge in [0.05, 0.1) is 0 Å². The van der Waals surface area contributed by atoms with Crippen LogP contribution in [0.1, 0.15) is 31.0 Å². The highest BCUT2D eigenvalue weighted by molar-refractivity contribution is 5.84. The van der Waals surface area contributed by atoms with Crippen LogP contribution in [0.2, 0.25) is 0 Å². The Morgan fingerprint density at radius 1 is 1.17 bits per heavy atom. The number of benzene rings is 1. The second kappa shape index (κ2) is 8.17. The number of carbonyl (C=O) groups excluding carboxylic acids is 1. The molecule has 23 heavy (non-hydrogen) atoms. The molecule has 0 spiro atoms. The lowest BCUT2D eigenvalue weighted by molar-refractivity contribution is 0.155. The predicted octanol–water partition coefficient (Wildman–Crippen LogP) is 3.48. The first-order chi connectivity index (χ1) is 11.1. The molecule has 0 saturated carbocycles. The van der Waals surface area contributed by atoms with Crippen LogP contribution in [-0.4, -0.2) is 10.7 Å². The summed E-state index contributed by atoms with van der Waals surface area (Å²) in [5.41, 5.74) is 1.85. The van der Waals surface area contributed by atoms with Gasteiger partial charge in [-0.15, -0.1) is 0 Å². The van der Waals surface area contributed by atoms with E-state index in [9.17, 15) is 9.59 Å². The van der Waals surface area contributed by atoms with Gasteiger partial charge < -0.3 is 9.30 Å². The molecule has 122 valence electrons. The van der Waals surface area contributed by atoms with Crippen molar-refractivity contribution in [3.05, 3.63) is 64.1 Å². The third-order valence-corrected chi connectivity index (χ3v) is 3.64. The summed E-state index contributed by atoms with van der Waals surface area (Å²) in [6.07, 6.45) is 2.31. The molecule has 0 aliphatic heterocycles. The van der Waals surface area contributed by atoms with Crippen molar-refractivity contribution < 1.29 is 9.53 Å². The topological polar surface area (TPSA) is 60.3 Å². The minimum absolute atomic E-state index is 0.168. The average molecular weight is 314 g/mol. The Morgan fingerprint density at radius 3 is 2.61 bits per heavy atom. The third-order valence-electron chi connectivity index (χ3n) is 3.64. The van der Waals surface area contributed by atoms with Crippen molar-refractivity contribution in [1.82, 2.24) is 4.57 Å². The van der Waals surface area contributed by atoms with Gasteiger partial charge in [-0.3, -0.25) is 10.1 Å². The number of carbonyl (C=O) groups is 1.